The van der Waals surface area contributed by atoms with E-state index in [2.05, 4.69) is 0 Å². The van der Waals surface area contributed by atoms with Crippen molar-refractivity contribution in [1.82, 2.24) is 0 Å². The number of rotatable bonds is 4. The van der Waals surface area contributed by atoms with Gasteiger partial charge in [0.05, 0.1) is 10.8 Å². The number of benzene rings is 2. The molecular formula is C24H28O4. The molecule has 0 bridgehead atoms. The Morgan fingerprint density at radius 1 is 0.571 bits per heavy atom. The van der Waals surface area contributed by atoms with E-state index < -0.39 is 22.8 Å². The van der Waals surface area contributed by atoms with Gasteiger partial charge in [-0.1, -0.05) is 60.7 Å². The van der Waals surface area contributed by atoms with Crippen molar-refractivity contribution in [1.29, 1.82) is 0 Å². The number of ether oxygens (including phenoxy) is 2. The molecule has 4 heteroatoms. The first-order chi connectivity index (χ1) is 13.0. The quantitative estimate of drug-likeness (QED) is 0.388. The topological polar surface area (TPSA) is 52.6 Å². The smallest absolute Gasteiger partial charge is 0.316 e. The van der Waals surface area contributed by atoms with Crippen molar-refractivity contribution in [2.24, 2.45) is 10.8 Å². The van der Waals surface area contributed by atoms with E-state index in [1.165, 1.54) is 0 Å². The molecule has 0 aliphatic carbocycles. The van der Waals surface area contributed by atoms with Gasteiger partial charge in [0.1, 0.15) is 0 Å². The molecular weight excluding hydrogens is 352 g/mol. The lowest BCUT2D eigenvalue weighted by Crippen LogP contribution is -2.25. The molecule has 148 valence electrons. The van der Waals surface area contributed by atoms with Crippen LogP contribution in [0.15, 0.2) is 60.7 Å². The Hall–Kier alpha value is -2.88. The highest BCUT2D eigenvalue weighted by Crippen LogP contribution is 2.33. The average Bonchev–Trinajstić information content (AvgIpc) is 2.64. The SMILES string of the molecule is CC(C)(C)C(=O)OC(=C(OC(=O)C(C)(C)C)c1ccccc1)c1ccccc1. The van der Waals surface area contributed by atoms with Crippen molar-refractivity contribution in [3.8, 4) is 0 Å². The van der Waals surface area contributed by atoms with Gasteiger partial charge in [-0.3, -0.25) is 9.59 Å². The first-order valence-electron chi connectivity index (χ1n) is 9.30. The molecule has 0 amide bonds. The molecule has 0 saturated carbocycles. The van der Waals surface area contributed by atoms with Gasteiger partial charge in [0.25, 0.3) is 0 Å². The van der Waals surface area contributed by atoms with Gasteiger partial charge in [0.15, 0.2) is 11.5 Å². The Balaban J connectivity index is 2.68. The van der Waals surface area contributed by atoms with Gasteiger partial charge in [-0.2, -0.15) is 0 Å². The molecule has 0 spiro atoms. The third-order valence-corrected chi connectivity index (χ3v) is 3.89. The monoisotopic (exact) mass is 380 g/mol. The standard InChI is InChI=1S/C24H28O4/c1-23(2,3)21(25)27-19(17-13-9-7-10-14-17)20(18-15-11-8-12-16-18)28-22(26)24(4,5)6/h7-16H,1-6H3. The second kappa shape index (κ2) is 8.42. The predicted molar refractivity (Wildman–Crippen MR) is 111 cm³/mol. The van der Waals surface area contributed by atoms with Crippen LogP contribution in [0.5, 0.6) is 0 Å². The van der Waals surface area contributed by atoms with Crippen molar-refractivity contribution in [3.05, 3.63) is 71.8 Å². The van der Waals surface area contributed by atoms with Crippen molar-refractivity contribution in [3.63, 3.8) is 0 Å². The van der Waals surface area contributed by atoms with E-state index >= 15 is 0 Å². The number of hydrogen-bond donors (Lipinski definition) is 0. The Bertz CT molecular complexity index is 777. The van der Waals surface area contributed by atoms with Crippen LogP contribution in [0.2, 0.25) is 0 Å². The summed E-state index contributed by atoms with van der Waals surface area (Å²) >= 11 is 0. The zero-order valence-corrected chi connectivity index (χ0v) is 17.4. The van der Waals surface area contributed by atoms with Crippen LogP contribution >= 0.6 is 0 Å². The first-order valence-corrected chi connectivity index (χ1v) is 9.30. The van der Waals surface area contributed by atoms with Gasteiger partial charge in [-0.15, -0.1) is 0 Å². The van der Waals surface area contributed by atoms with E-state index in [1.54, 1.807) is 41.5 Å². The molecule has 2 aromatic rings. The Labute approximate surface area is 167 Å². The van der Waals surface area contributed by atoms with E-state index in [0.717, 1.165) is 0 Å². The maximum absolute atomic E-state index is 12.7. The minimum Gasteiger partial charge on any atom is -0.421 e. The average molecular weight is 380 g/mol. The zero-order valence-electron chi connectivity index (χ0n) is 17.4. The Morgan fingerprint density at radius 3 is 1.11 bits per heavy atom. The van der Waals surface area contributed by atoms with Crippen LogP contribution < -0.4 is 0 Å². The summed E-state index contributed by atoms with van der Waals surface area (Å²) in [6, 6.07) is 18.4. The van der Waals surface area contributed by atoms with Gasteiger partial charge >= 0.3 is 11.9 Å². The van der Waals surface area contributed by atoms with Crippen LogP contribution in [0.25, 0.3) is 11.5 Å². The third-order valence-electron chi connectivity index (χ3n) is 3.89. The molecule has 4 nitrogen and oxygen atoms in total. The van der Waals surface area contributed by atoms with Gasteiger partial charge in [0.2, 0.25) is 0 Å². The molecule has 0 atom stereocenters. The van der Waals surface area contributed by atoms with Crippen LogP contribution in [-0.2, 0) is 19.1 Å². The molecule has 28 heavy (non-hydrogen) atoms. The number of esters is 2. The molecule has 0 aromatic heterocycles. The van der Waals surface area contributed by atoms with Gasteiger partial charge in [0, 0.05) is 11.1 Å². The van der Waals surface area contributed by atoms with Gasteiger partial charge in [-0.05, 0) is 41.5 Å². The number of carbonyl (C=O) groups excluding carboxylic acids is 2. The highest BCUT2D eigenvalue weighted by atomic mass is 16.6. The second-order valence-corrected chi connectivity index (χ2v) is 8.67. The second-order valence-electron chi connectivity index (χ2n) is 8.67. The van der Waals surface area contributed by atoms with Gasteiger partial charge in [-0.25, -0.2) is 0 Å². The summed E-state index contributed by atoms with van der Waals surface area (Å²) < 4.78 is 11.6. The lowest BCUT2D eigenvalue weighted by atomic mass is 9.96. The summed E-state index contributed by atoms with van der Waals surface area (Å²) in [7, 11) is 0. The minimum absolute atomic E-state index is 0.226. The van der Waals surface area contributed by atoms with Crippen molar-refractivity contribution >= 4 is 23.5 Å². The van der Waals surface area contributed by atoms with Gasteiger partial charge < -0.3 is 9.47 Å². The van der Waals surface area contributed by atoms with Crippen molar-refractivity contribution in [2.75, 3.05) is 0 Å². The van der Waals surface area contributed by atoms with Crippen LogP contribution in [0.1, 0.15) is 52.7 Å². The fourth-order valence-electron chi connectivity index (χ4n) is 2.14. The summed E-state index contributed by atoms with van der Waals surface area (Å²) in [5, 5.41) is 0. The summed E-state index contributed by atoms with van der Waals surface area (Å²) in [5.74, 6) is -0.369. The van der Waals surface area contributed by atoms with E-state index in [4.69, 9.17) is 9.47 Å². The van der Waals surface area contributed by atoms with Crippen molar-refractivity contribution in [2.45, 2.75) is 41.5 Å². The van der Waals surface area contributed by atoms with Crippen LogP contribution in [-0.4, -0.2) is 11.9 Å². The summed E-state index contributed by atoms with van der Waals surface area (Å²) in [6.07, 6.45) is 0. The van der Waals surface area contributed by atoms with E-state index in [1.807, 2.05) is 60.7 Å². The zero-order chi connectivity index (χ0) is 20.9. The van der Waals surface area contributed by atoms with Crippen LogP contribution in [0, 0.1) is 10.8 Å². The van der Waals surface area contributed by atoms with Crippen LogP contribution in [0.3, 0.4) is 0 Å². The third kappa shape index (κ3) is 5.56. The normalized spacial score (nSPS) is 12.8. The first kappa shape index (κ1) is 21.4. The van der Waals surface area contributed by atoms with E-state index in [9.17, 15) is 9.59 Å². The molecule has 0 unspecified atom stereocenters. The Morgan fingerprint density at radius 2 is 0.857 bits per heavy atom. The lowest BCUT2D eigenvalue weighted by Gasteiger charge is -2.23. The number of hydrogen-bond acceptors (Lipinski definition) is 4. The molecule has 0 aliphatic rings. The highest BCUT2D eigenvalue weighted by molar-refractivity contribution is 5.94. The highest BCUT2D eigenvalue weighted by Gasteiger charge is 2.30. The molecule has 0 saturated heterocycles. The summed E-state index contributed by atoms with van der Waals surface area (Å²) in [4.78, 5) is 25.3. The lowest BCUT2D eigenvalue weighted by molar-refractivity contribution is -0.147. The van der Waals surface area contributed by atoms with Crippen LogP contribution in [0.4, 0.5) is 0 Å². The van der Waals surface area contributed by atoms with Crippen molar-refractivity contribution < 1.29 is 19.1 Å². The molecule has 0 heterocycles. The number of carbonyl (C=O) groups is 2. The minimum atomic E-state index is -0.712. The van der Waals surface area contributed by atoms with E-state index in [0.29, 0.717) is 11.1 Å². The molecule has 2 aromatic carbocycles. The summed E-state index contributed by atoms with van der Waals surface area (Å²) in [5.41, 5.74) is -0.118. The molecule has 2 rings (SSSR count). The Kier molecular flexibility index (Phi) is 6.45. The predicted octanol–water partition coefficient (Wildman–Crippen LogP) is 5.69. The maximum Gasteiger partial charge on any atom is 0.316 e. The molecule has 0 radical (unpaired) electrons. The molecule has 0 aliphatic heterocycles. The largest absolute Gasteiger partial charge is 0.421 e. The van der Waals surface area contributed by atoms with E-state index in [-0.39, 0.29) is 11.5 Å². The maximum atomic E-state index is 12.7. The fourth-order valence-corrected chi connectivity index (χ4v) is 2.14. The summed E-state index contributed by atoms with van der Waals surface area (Å²) in [6.45, 7) is 10.7. The molecule has 0 N–H and O–H groups in total. The fraction of sp³-hybridized carbons (Fsp3) is 0.333. The molecule has 0 fully saturated rings.